The van der Waals surface area contributed by atoms with Gasteiger partial charge in [-0.3, -0.25) is 9.69 Å². The molecular weight excluding hydrogens is 270 g/mol. The molecule has 4 nitrogen and oxygen atoms in total. The molecule has 2 aliphatic heterocycles. The van der Waals surface area contributed by atoms with Gasteiger partial charge in [-0.2, -0.15) is 0 Å². The Labute approximate surface area is 124 Å². The van der Waals surface area contributed by atoms with Crippen LogP contribution in [0.1, 0.15) is 11.8 Å². The minimum absolute atomic E-state index is 0.193. The minimum Gasteiger partial charge on any atom is -0.340 e. The van der Waals surface area contributed by atoms with Crippen LogP contribution in [0.5, 0.6) is 0 Å². The van der Waals surface area contributed by atoms with Crippen molar-refractivity contribution in [2.75, 3.05) is 39.3 Å². The smallest absolute Gasteiger partial charge is 0.227 e. The van der Waals surface area contributed by atoms with Crippen LogP contribution >= 0.6 is 11.3 Å². The van der Waals surface area contributed by atoms with Crippen molar-refractivity contribution in [3.8, 4) is 0 Å². The number of carbonyl (C=O) groups excluding carboxylic acids is 1. The van der Waals surface area contributed by atoms with Gasteiger partial charge >= 0.3 is 0 Å². The second-order valence-electron chi connectivity index (χ2n) is 5.92. The van der Waals surface area contributed by atoms with Gasteiger partial charge in [0.05, 0.1) is 5.92 Å². The number of nitrogens with one attached hydrogen (secondary N) is 1. The molecule has 0 spiro atoms. The molecule has 2 aliphatic rings. The molecule has 20 heavy (non-hydrogen) atoms. The van der Waals surface area contributed by atoms with E-state index in [0.717, 1.165) is 45.8 Å². The molecule has 0 unspecified atom stereocenters. The Hall–Kier alpha value is -0.910. The molecule has 0 bridgehead atoms. The Morgan fingerprint density at radius 3 is 2.75 bits per heavy atom. The molecule has 0 aliphatic carbocycles. The fourth-order valence-corrected chi connectivity index (χ4v) is 3.87. The Balaban J connectivity index is 1.49. The van der Waals surface area contributed by atoms with Gasteiger partial charge < -0.3 is 10.2 Å². The standard InChI is InChI=1S/C15H23N3OS/c1-12-9-16-10-14(12)15(19)18-6-4-17(5-7-18)11-13-3-2-8-20-13/h2-3,8,12,14,16H,4-7,9-11H2,1H3/t12-,14-/m1/s1. The van der Waals surface area contributed by atoms with Crippen LogP contribution in [0.15, 0.2) is 17.5 Å². The van der Waals surface area contributed by atoms with E-state index in [4.69, 9.17) is 0 Å². The SMILES string of the molecule is C[C@@H]1CNC[C@H]1C(=O)N1CCN(Cc2cccs2)CC1. The van der Waals surface area contributed by atoms with Crippen LogP contribution in [-0.4, -0.2) is 55.0 Å². The number of amides is 1. The van der Waals surface area contributed by atoms with Gasteiger partial charge in [-0.15, -0.1) is 11.3 Å². The van der Waals surface area contributed by atoms with E-state index in [1.807, 2.05) is 11.3 Å². The zero-order valence-corrected chi connectivity index (χ0v) is 12.9. The van der Waals surface area contributed by atoms with Gasteiger partial charge in [0.25, 0.3) is 0 Å². The van der Waals surface area contributed by atoms with Crippen LogP contribution in [0.4, 0.5) is 0 Å². The van der Waals surface area contributed by atoms with Crippen molar-refractivity contribution in [3.63, 3.8) is 0 Å². The summed E-state index contributed by atoms with van der Waals surface area (Å²) in [5.74, 6) is 1.03. The van der Waals surface area contributed by atoms with E-state index >= 15 is 0 Å². The summed E-state index contributed by atoms with van der Waals surface area (Å²) in [5.41, 5.74) is 0. The van der Waals surface area contributed by atoms with Gasteiger partial charge in [-0.1, -0.05) is 13.0 Å². The molecule has 3 rings (SSSR count). The van der Waals surface area contributed by atoms with Crippen LogP contribution in [-0.2, 0) is 11.3 Å². The first-order valence-corrected chi connectivity index (χ1v) is 8.36. The number of hydrogen-bond acceptors (Lipinski definition) is 4. The molecular formula is C15H23N3OS. The third-order valence-corrected chi connectivity index (χ3v) is 5.34. The van der Waals surface area contributed by atoms with E-state index in [1.165, 1.54) is 4.88 Å². The highest BCUT2D eigenvalue weighted by molar-refractivity contribution is 7.09. The molecule has 2 fully saturated rings. The summed E-state index contributed by atoms with van der Waals surface area (Å²) in [5, 5.41) is 5.45. The monoisotopic (exact) mass is 293 g/mol. The number of rotatable bonds is 3. The molecule has 3 heterocycles. The first-order chi connectivity index (χ1) is 9.74. The molecule has 1 aromatic rings. The number of hydrogen-bond donors (Lipinski definition) is 1. The van der Waals surface area contributed by atoms with Crippen LogP contribution < -0.4 is 5.32 Å². The molecule has 110 valence electrons. The minimum atomic E-state index is 0.193. The Bertz CT molecular complexity index is 440. The van der Waals surface area contributed by atoms with Crippen molar-refractivity contribution in [2.45, 2.75) is 13.5 Å². The fourth-order valence-electron chi connectivity index (χ4n) is 3.12. The Morgan fingerprint density at radius 1 is 1.35 bits per heavy atom. The lowest BCUT2D eigenvalue weighted by molar-refractivity contribution is -0.137. The summed E-state index contributed by atoms with van der Waals surface area (Å²) in [7, 11) is 0. The maximum Gasteiger partial charge on any atom is 0.227 e. The molecule has 0 aromatic carbocycles. The lowest BCUT2D eigenvalue weighted by Crippen LogP contribution is -2.50. The highest BCUT2D eigenvalue weighted by Gasteiger charge is 2.33. The molecule has 0 saturated carbocycles. The third kappa shape index (κ3) is 3.05. The first kappa shape index (κ1) is 14.0. The molecule has 1 aromatic heterocycles. The summed E-state index contributed by atoms with van der Waals surface area (Å²) in [4.78, 5) is 18.4. The quantitative estimate of drug-likeness (QED) is 0.911. The second-order valence-corrected chi connectivity index (χ2v) is 6.96. The summed E-state index contributed by atoms with van der Waals surface area (Å²) in [6, 6.07) is 4.29. The molecule has 1 amide bonds. The second kappa shape index (κ2) is 6.24. The van der Waals surface area contributed by atoms with Gasteiger partial charge in [-0.25, -0.2) is 0 Å². The number of carbonyl (C=O) groups is 1. The van der Waals surface area contributed by atoms with Crippen LogP contribution in [0.25, 0.3) is 0 Å². The largest absolute Gasteiger partial charge is 0.340 e. The lowest BCUT2D eigenvalue weighted by atomic mass is 9.96. The Kier molecular flexibility index (Phi) is 4.38. The number of thiophene rings is 1. The maximum atomic E-state index is 12.5. The van der Waals surface area contributed by atoms with Crippen molar-refractivity contribution >= 4 is 17.2 Å². The molecule has 1 N–H and O–H groups in total. The highest BCUT2D eigenvalue weighted by Crippen LogP contribution is 2.20. The van der Waals surface area contributed by atoms with E-state index in [2.05, 4.69) is 39.6 Å². The van der Waals surface area contributed by atoms with Gasteiger partial charge in [0.1, 0.15) is 0 Å². The molecule has 2 atom stereocenters. The first-order valence-electron chi connectivity index (χ1n) is 7.48. The topological polar surface area (TPSA) is 35.6 Å². The summed E-state index contributed by atoms with van der Waals surface area (Å²) < 4.78 is 0. The van der Waals surface area contributed by atoms with E-state index < -0.39 is 0 Å². The van der Waals surface area contributed by atoms with Crippen LogP contribution in [0.2, 0.25) is 0 Å². The van der Waals surface area contributed by atoms with Crippen molar-refractivity contribution < 1.29 is 4.79 Å². The van der Waals surface area contributed by atoms with E-state index in [-0.39, 0.29) is 5.92 Å². The zero-order chi connectivity index (χ0) is 13.9. The fraction of sp³-hybridized carbons (Fsp3) is 0.667. The predicted molar refractivity (Wildman–Crippen MR) is 81.7 cm³/mol. The van der Waals surface area contributed by atoms with E-state index in [1.54, 1.807) is 0 Å². The summed E-state index contributed by atoms with van der Waals surface area (Å²) in [6.45, 7) is 8.80. The average Bonchev–Trinajstić information content (AvgIpc) is 3.10. The number of piperazine rings is 1. The van der Waals surface area contributed by atoms with Crippen molar-refractivity contribution in [2.24, 2.45) is 11.8 Å². The van der Waals surface area contributed by atoms with Gasteiger partial charge in [0.15, 0.2) is 0 Å². The highest BCUT2D eigenvalue weighted by atomic mass is 32.1. The lowest BCUT2D eigenvalue weighted by Gasteiger charge is -2.36. The average molecular weight is 293 g/mol. The number of nitrogens with zero attached hydrogens (tertiary/aromatic N) is 2. The van der Waals surface area contributed by atoms with Gasteiger partial charge in [0.2, 0.25) is 5.91 Å². The molecule has 5 heteroatoms. The van der Waals surface area contributed by atoms with E-state index in [0.29, 0.717) is 11.8 Å². The summed E-state index contributed by atoms with van der Waals surface area (Å²) >= 11 is 1.81. The predicted octanol–water partition coefficient (Wildman–Crippen LogP) is 1.25. The van der Waals surface area contributed by atoms with Crippen molar-refractivity contribution in [3.05, 3.63) is 22.4 Å². The van der Waals surface area contributed by atoms with Crippen LogP contribution in [0, 0.1) is 11.8 Å². The van der Waals surface area contributed by atoms with Gasteiger partial charge in [-0.05, 0) is 23.9 Å². The third-order valence-electron chi connectivity index (χ3n) is 4.48. The molecule has 2 saturated heterocycles. The zero-order valence-electron chi connectivity index (χ0n) is 12.0. The summed E-state index contributed by atoms with van der Waals surface area (Å²) in [6.07, 6.45) is 0. The maximum absolute atomic E-state index is 12.5. The Morgan fingerprint density at radius 2 is 2.15 bits per heavy atom. The van der Waals surface area contributed by atoms with Crippen LogP contribution in [0.3, 0.4) is 0 Å². The van der Waals surface area contributed by atoms with Crippen molar-refractivity contribution in [1.82, 2.24) is 15.1 Å². The normalized spacial score (nSPS) is 27.9. The van der Waals surface area contributed by atoms with Gasteiger partial charge in [0, 0.05) is 44.1 Å². The molecule has 0 radical (unpaired) electrons. The van der Waals surface area contributed by atoms with Crippen molar-refractivity contribution in [1.29, 1.82) is 0 Å². The van der Waals surface area contributed by atoms with E-state index in [9.17, 15) is 4.79 Å².